The number of ether oxygens (including phenoxy) is 1. The molecule has 1 unspecified atom stereocenters. The van der Waals surface area contributed by atoms with Crippen LogP contribution >= 0.6 is 0 Å². The average Bonchev–Trinajstić information content (AvgIpc) is 3.14. The maximum atomic E-state index is 14.4. The molecule has 0 radical (unpaired) electrons. The van der Waals surface area contributed by atoms with Crippen LogP contribution in [0.15, 0.2) is 47.4 Å². The zero-order valence-corrected chi connectivity index (χ0v) is 19.2. The predicted octanol–water partition coefficient (Wildman–Crippen LogP) is 4.24. The largest absolute Gasteiger partial charge is 0.496 e. The highest BCUT2D eigenvalue weighted by Crippen LogP contribution is 2.45. The van der Waals surface area contributed by atoms with E-state index in [1.165, 1.54) is 44.4 Å². The molecule has 3 N–H and O–H groups in total. The third kappa shape index (κ3) is 4.77. The number of nitrogens with two attached hydrogens (primary N) is 1. The van der Waals surface area contributed by atoms with Crippen molar-refractivity contribution in [3.05, 3.63) is 53.7 Å². The van der Waals surface area contributed by atoms with Crippen LogP contribution < -0.4 is 9.88 Å². The molecule has 0 saturated carbocycles. The molecule has 0 aliphatic heterocycles. The summed E-state index contributed by atoms with van der Waals surface area (Å²) in [6, 6.07) is 7.67. The lowest BCUT2D eigenvalue weighted by molar-refractivity contribution is -0.149. The van der Waals surface area contributed by atoms with Gasteiger partial charge in [0.05, 0.1) is 12.0 Å². The van der Waals surface area contributed by atoms with E-state index in [2.05, 4.69) is 5.10 Å². The van der Waals surface area contributed by atoms with Gasteiger partial charge in [-0.2, -0.15) is 18.3 Å². The molecule has 0 bridgehead atoms. The molecule has 0 saturated heterocycles. The Morgan fingerprint density at radius 3 is 2.21 bits per heavy atom. The molecule has 0 fully saturated rings. The third-order valence-electron chi connectivity index (χ3n) is 5.29. The molecule has 0 aliphatic carbocycles. The SMILES string of the molecule is CCC(C(=O)O)n1nc(-c2ccc(S(N)(=O)=O)cc2)c(-c2ccc(OC)c(C)c2)c1C(F)(F)F. The number of carboxylic acid groups (broad SMARTS) is 1. The van der Waals surface area contributed by atoms with Gasteiger partial charge in [-0.1, -0.05) is 25.1 Å². The van der Waals surface area contributed by atoms with Gasteiger partial charge in [0.2, 0.25) is 10.0 Å². The Morgan fingerprint density at radius 1 is 1.18 bits per heavy atom. The van der Waals surface area contributed by atoms with Crippen molar-refractivity contribution in [2.45, 2.75) is 37.4 Å². The summed E-state index contributed by atoms with van der Waals surface area (Å²) in [5, 5.41) is 18.8. The van der Waals surface area contributed by atoms with Gasteiger partial charge in [0.1, 0.15) is 17.5 Å². The normalized spacial score (nSPS) is 13.0. The molecule has 2 aromatic carbocycles. The van der Waals surface area contributed by atoms with Crippen LogP contribution in [0, 0.1) is 6.92 Å². The summed E-state index contributed by atoms with van der Waals surface area (Å²) in [4.78, 5) is 11.5. The minimum atomic E-state index is -4.95. The quantitative estimate of drug-likeness (QED) is 0.503. The smallest absolute Gasteiger partial charge is 0.433 e. The zero-order valence-electron chi connectivity index (χ0n) is 18.4. The molecule has 0 spiro atoms. The summed E-state index contributed by atoms with van der Waals surface area (Å²) in [7, 11) is -2.60. The van der Waals surface area contributed by atoms with Crippen molar-refractivity contribution in [2.24, 2.45) is 5.14 Å². The van der Waals surface area contributed by atoms with Crippen molar-refractivity contribution in [1.29, 1.82) is 0 Å². The van der Waals surface area contributed by atoms with E-state index in [1.54, 1.807) is 6.92 Å². The van der Waals surface area contributed by atoms with E-state index in [9.17, 15) is 31.5 Å². The number of benzene rings is 2. The molecule has 0 amide bonds. The number of nitrogens with zero attached hydrogens (tertiary/aromatic N) is 2. The number of hydrogen-bond donors (Lipinski definition) is 2. The number of carboxylic acids is 1. The van der Waals surface area contributed by atoms with Crippen molar-refractivity contribution in [2.75, 3.05) is 7.11 Å². The van der Waals surface area contributed by atoms with Gasteiger partial charge >= 0.3 is 12.1 Å². The van der Waals surface area contributed by atoms with Crippen LogP contribution in [0.1, 0.15) is 30.6 Å². The van der Waals surface area contributed by atoms with Gasteiger partial charge in [-0.3, -0.25) is 0 Å². The standard InChI is InChI=1S/C22H22F3N3O5S/c1-4-16(21(29)30)28-20(22(23,24)25)18(14-7-10-17(33-3)12(2)11-14)19(27-28)13-5-8-15(9-6-13)34(26,31)32/h5-11,16H,4H2,1-3H3,(H,29,30)(H2,26,31,32). The number of primary sulfonamides is 1. The number of aryl methyl sites for hydroxylation is 1. The second-order valence-electron chi connectivity index (χ2n) is 7.53. The van der Waals surface area contributed by atoms with Crippen LogP contribution in [0.4, 0.5) is 13.2 Å². The van der Waals surface area contributed by atoms with Crippen LogP contribution in [0.25, 0.3) is 22.4 Å². The van der Waals surface area contributed by atoms with E-state index in [1.807, 2.05) is 0 Å². The monoisotopic (exact) mass is 497 g/mol. The molecule has 3 rings (SSSR count). The Balaban J connectivity index is 2.41. The summed E-state index contributed by atoms with van der Waals surface area (Å²) < 4.78 is 72.0. The second kappa shape index (κ2) is 9.11. The van der Waals surface area contributed by atoms with Crippen LogP contribution in [0.2, 0.25) is 0 Å². The lowest BCUT2D eigenvalue weighted by atomic mass is 9.96. The molecule has 1 aromatic heterocycles. The maximum absolute atomic E-state index is 14.4. The van der Waals surface area contributed by atoms with Crippen molar-refractivity contribution in [3.63, 3.8) is 0 Å². The predicted molar refractivity (Wildman–Crippen MR) is 118 cm³/mol. The van der Waals surface area contributed by atoms with Crippen LogP contribution in [0.5, 0.6) is 5.75 Å². The van der Waals surface area contributed by atoms with Gasteiger partial charge in [0.25, 0.3) is 0 Å². The van der Waals surface area contributed by atoms with E-state index in [0.29, 0.717) is 16.0 Å². The Labute approximate surface area is 193 Å². The van der Waals surface area contributed by atoms with Crippen molar-refractivity contribution in [3.8, 4) is 28.1 Å². The minimum absolute atomic E-state index is 0.141. The lowest BCUT2D eigenvalue weighted by Crippen LogP contribution is -2.25. The fourth-order valence-electron chi connectivity index (χ4n) is 3.70. The van der Waals surface area contributed by atoms with Crippen molar-refractivity contribution < 1.29 is 36.2 Å². The Bertz CT molecular complexity index is 1330. The zero-order chi connectivity index (χ0) is 25.4. The number of alkyl halides is 3. The molecule has 8 nitrogen and oxygen atoms in total. The Kier molecular flexibility index (Phi) is 6.76. The molecule has 12 heteroatoms. The van der Waals surface area contributed by atoms with E-state index in [0.717, 1.165) is 12.1 Å². The molecule has 182 valence electrons. The number of sulfonamides is 1. The first-order valence-electron chi connectivity index (χ1n) is 10.00. The molecule has 34 heavy (non-hydrogen) atoms. The van der Waals surface area contributed by atoms with Gasteiger partial charge in [-0.05, 0) is 48.7 Å². The second-order valence-corrected chi connectivity index (χ2v) is 9.09. The highest BCUT2D eigenvalue weighted by atomic mass is 32.2. The first-order valence-corrected chi connectivity index (χ1v) is 11.5. The average molecular weight is 497 g/mol. The molecule has 3 aromatic rings. The van der Waals surface area contributed by atoms with E-state index in [4.69, 9.17) is 9.88 Å². The Morgan fingerprint density at radius 2 is 1.76 bits per heavy atom. The summed E-state index contributed by atoms with van der Waals surface area (Å²) in [5.74, 6) is -1.01. The topological polar surface area (TPSA) is 125 Å². The first kappa shape index (κ1) is 25.2. The van der Waals surface area contributed by atoms with E-state index < -0.39 is 33.9 Å². The highest BCUT2D eigenvalue weighted by Gasteiger charge is 2.43. The van der Waals surface area contributed by atoms with Crippen molar-refractivity contribution >= 4 is 16.0 Å². The summed E-state index contributed by atoms with van der Waals surface area (Å²) in [6.07, 6.45) is -5.09. The van der Waals surface area contributed by atoms with E-state index >= 15 is 0 Å². The van der Waals surface area contributed by atoms with Crippen LogP contribution in [-0.4, -0.2) is 36.4 Å². The number of aromatic nitrogens is 2. The Hall–Kier alpha value is -3.38. The first-order chi connectivity index (χ1) is 15.8. The van der Waals surface area contributed by atoms with E-state index in [-0.39, 0.29) is 33.7 Å². The van der Waals surface area contributed by atoms with Gasteiger partial charge in [0.15, 0.2) is 5.69 Å². The fraction of sp³-hybridized carbons (Fsp3) is 0.273. The maximum Gasteiger partial charge on any atom is 0.433 e. The molecule has 1 atom stereocenters. The number of hydrogen-bond acceptors (Lipinski definition) is 5. The lowest BCUT2D eigenvalue weighted by Gasteiger charge is -2.17. The summed E-state index contributed by atoms with van der Waals surface area (Å²) >= 11 is 0. The van der Waals surface area contributed by atoms with Crippen molar-refractivity contribution in [1.82, 2.24) is 9.78 Å². The number of rotatable bonds is 7. The summed E-state index contributed by atoms with van der Waals surface area (Å²) in [5.41, 5.74) is -0.861. The number of aliphatic carboxylic acids is 1. The summed E-state index contributed by atoms with van der Waals surface area (Å²) in [6.45, 7) is 3.10. The van der Waals surface area contributed by atoms with Gasteiger partial charge in [-0.15, -0.1) is 0 Å². The number of halogens is 3. The molecule has 0 aliphatic rings. The molecular weight excluding hydrogens is 475 g/mol. The van der Waals surface area contributed by atoms with Gasteiger partial charge in [-0.25, -0.2) is 23.0 Å². The number of carbonyl (C=O) groups is 1. The minimum Gasteiger partial charge on any atom is -0.496 e. The van der Waals surface area contributed by atoms with Gasteiger partial charge in [0, 0.05) is 11.1 Å². The number of methoxy groups -OCH3 is 1. The fourth-order valence-corrected chi connectivity index (χ4v) is 4.21. The third-order valence-corrected chi connectivity index (χ3v) is 6.21. The van der Waals surface area contributed by atoms with Crippen LogP contribution in [0.3, 0.4) is 0 Å². The van der Waals surface area contributed by atoms with Gasteiger partial charge < -0.3 is 9.84 Å². The highest BCUT2D eigenvalue weighted by molar-refractivity contribution is 7.89. The molecular formula is C22H22F3N3O5S. The van der Waals surface area contributed by atoms with Crippen LogP contribution in [-0.2, 0) is 21.0 Å². The molecule has 1 heterocycles.